The van der Waals surface area contributed by atoms with Crippen molar-refractivity contribution in [3.8, 4) is 22.5 Å². The third-order valence-electron chi connectivity index (χ3n) is 5.44. The van der Waals surface area contributed by atoms with Gasteiger partial charge in [0.2, 0.25) is 0 Å². The van der Waals surface area contributed by atoms with Gasteiger partial charge in [0.25, 0.3) is 0 Å². The minimum atomic E-state index is -0.353. The fraction of sp³-hybridized carbons (Fsp3) is 0.0741. The number of fused-ring (bicyclic) bond motifs is 1. The van der Waals surface area contributed by atoms with Crippen molar-refractivity contribution in [2.75, 3.05) is 11.9 Å². The lowest BCUT2D eigenvalue weighted by molar-refractivity contribution is 0.627. The lowest BCUT2D eigenvalue weighted by Crippen LogP contribution is -2.30. The molecule has 2 N–H and O–H groups in total. The SMILES string of the molecule is Fc1ccc(-c2nc3cc(NC(=S)NCCc4cccnc4)cnc3nc2-c2ccc(F)cc2)cc1. The van der Waals surface area contributed by atoms with Crippen LogP contribution in [-0.2, 0) is 6.42 Å². The second-order valence-electron chi connectivity index (χ2n) is 7.99. The summed E-state index contributed by atoms with van der Waals surface area (Å²) in [7, 11) is 0. The van der Waals surface area contributed by atoms with E-state index in [0.717, 1.165) is 12.0 Å². The lowest BCUT2D eigenvalue weighted by atomic mass is 10.0. The van der Waals surface area contributed by atoms with Crippen LogP contribution in [0.15, 0.2) is 85.3 Å². The molecule has 0 amide bonds. The van der Waals surface area contributed by atoms with Gasteiger partial charge >= 0.3 is 0 Å². The molecule has 0 atom stereocenters. The Morgan fingerprint density at radius 3 is 2.14 bits per heavy atom. The molecular formula is C27H20F2N6S. The van der Waals surface area contributed by atoms with E-state index >= 15 is 0 Å². The molecule has 6 nitrogen and oxygen atoms in total. The number of anilines is 1. The van der Waals surface area contributed by atoms with Crippen molar-refractivity contribution in [3.63, 3.8) is 0 Å². The molecular weight excluding hydrogens is 478 g/mol. The van der Waals surface area contributed by atoms with Crippen LogP contribution in [-0.4, -0.2) is 31.6 Å². The van der Waals surface area contributed by atoms with Gasteiger partial charge in [-0.1, -0.05) is 6.07 Å². The van der Waals surface area contributed by atoms with Crippen LogP contribution < -0.4 is 10.6 Å². The van der Waals surface area contributed by atoms with Gasteiger partial charge in [-0.2, -0.15) is 0 Å². The number of rotatable bonds is 6. The van der Waals surface area contributed by atoms with Gasteiger partial charge in [-0.3, -0.25) is 4.98 Å². The Kier molecular flexibility index (Phi) is 6.81. The van der Waals surface area contributed by atoms with Crippen LogP contribution >= 0.6 is 12.2 Å². The molecule has 3 aromatic heterocycles. The Balaban J connectivity index is 1.42. The van der Waals surface area contributed by atoms with Crippen LogP contribution in [0.2, 0.25) is 0 Å². The summed E-state index contributed by atoms with van der Waals surface area (Å²) in [6, 6.07) is 17.7. The summed E-state index contributed by atoms with van der Waals surface area (Å²) in [6.07, 6.45) is 5.97. The maximum Gasteiger partial charge on any atom is 0.178 e. The molecule has 0 aliphatic heterocycles. The van der Waals surface area contributed by atoms with Crippen molar-refractivity contribution in [2.45, 2.75) is 6.42 Å². The van der Waals surface area contributed by atoms with E-state index < -0.39 is 0 Å². The quantitative estimate of drug-likeness (QED) is 0.297. The van der Waals surface area contributed by atoms with Gasteiger partial charge in [-0.15, -0.1) is 0 Å². The third kappa shape index (κ3) is 5.47. The number of halogens is 2. The van der Waals surface area contributed by atoms with Crippen molar-refractivity contribution in [1.29, 1.82) is 0 Å². The molecule has 0 unspecified atom stereocenters. The van der Waals surface area contributed by atoms with E-state index in [1.807, 2.05) is 18.3 Å². The Morgan fingerprint density at radius 2 is 1.50 bits per heavy atom. The van der Waals surface area contributed by atoms with Gasteiger partial charge < -0.3 is 10.6 Å². The van der Waals surface area contributed by atoms with Gasteiger partial charge in [0.15, 0.2) is 10.8 Å². The minimum Gasteiger partial charge on any atom is -0.362 e. The molecule has 9 heteroatoms. The molecule has 0 radical (unpaired) electrons. The van der Waals surface area contributed by atoms with Crippen LogP contribution in [0.25, 0.3) is 33.7 Å². The fourth-order valence-corrected chi connectivity index (χ4v) is 3.89. The summed E-state index contributed by atoms with van der Waals surface area (Å²) in [5.41, 5.74) is 5.12. The number of thiocarbonyl (C=S) groups is 1. The molecule has 0 fully saturated rings. The highest BCUT2D eigenvalue weighted by Crippen LogP contribution is 2.31. The number of benzene rings is 2. The predicted octanol–water partition coefficient (Wildman–Crippen LogP) is 5.56. The Labute approximate surface area is 211 Å². The van der Waals surface area contributed by atoms with E-state index in [4.69, 9.17) is 22.2 Å². The van der Waals surface area contributed by atoms with Gasteiger partial charge in [0, 0.05) is 30.1 Å². The highest BCUT2D eigenvalue weighted by atomic mass is 32.1. The summed E-state index contributed by atoms with van der Waals surface area (Å²) in [5.74, 6) is -0.705. The summed E-state index contributed by atoms with van der Waals surface area (Å²) in [4.78, 5) is 18.1. The smallest absolute Gasteiger partial charge is 0.178 e. The molecule has 0 spiro atoms. The summed E-state index contributed by atoms with van der Waals surface area (Å²) in [6.45, 7) is 0.647. The minimum absolute atomic E-state index is 0.352. The summed E-state index contributed by atoms with van der Waals surface area (Å²) in [5, 5.41) is 6.74. The van der Waals surface area contributed by atoms with E-state index in [1.165, 1.54) is 24.3 Å². The van der Waals surface area contributed by atoms with Gasteiger partial charge in [-0.05, 0) is 84.9 Å². The zero-order valence-electron chi connectivity index (χ0n) is 19.0. The average molecular weight is 499 g/mol. The van der Waals surface area contributed by atoms with Crippen LogP contribution in [0.1, 0.15) is 5.56 Å². The van der Waals surface area contributed by atoms with Crippen LogP contribution in [0.4, 0.5) is 14.5 Å². The van der Waals surface area contributed by atoms with Crippen molar-refractivity contribution in [3.05, 3.63) is 103 Å². The molecule has 5 aromatic rings. The second-order valence-corrected chi connectivity index (χ2v) is 8.40. The highest BCUT2D eigenvalue weighted by Gasteiger charge is 2.15. The molecule has 0 aliphatic carbocycles. The third-order valence-corrected chi connectivity index (χ3v) is 5.68. The van der Waals surface area contributed by atoms with Crippen molar-refractivity contribution < 1.29 is 8.78 Å². The number of nitrogens with one attached hydrogen (secondary N) is 2. The maximum atomic E-state index is 13.6. The van der Waals surface area contributed by atoms with Crippen LogP contribution in [0.5, 0.6) is 0 Å². The molecule has 3 heterocycles. The monoisotopic (exact) mass is 498 g/mol. The molecule has 0 aliphatic rings. The van der Waals surface area contributed by atoms with E-state index in [9.17, 15) is 8.78 Å². The van der Waals surface area contributed by atoms with Crippen molar-refractivity contribution in [1.82, 2.24) is 25.3 Å². The molecule has 0 saturated carbocycles. The predicted molar refractivity (Wildman–Crippen MR) is 140 cm³/mol. The Bertz CT molecular complexity index is 1510. The normalized spacial score (nSPS) is 10.8. The molecule has 2 aromatic carbocycles. The first-order valence-electron chi connectivity index (χ1n) is 11.2. The Morgan fingerprint density at radius 1 is 0.833 bits per heavy atom. The van der Waals surface area contributed by atoms with E-state index in [1.54, 1.807) is 42.7 Å². The van der Waals surface area contributed by atoms with Crippen molar-refractivity contribution in [2.24, 2.45) is 0 Å². The number of pyridine rings is 2. The molecule has 0 saturated heterocycles. The molecule has 178 valence electrons. The van der Waals surface area contributed by atoms with E-state index in [-0.39, 0.29) is 11.6 Å². The maximum absolute atomic E-state index is 13.6. The van der Waals surface area contributed by atoms with Crippen LogP contribution in [0.3, 0.4) is 0 Å². The van der Waals surface area contributed by atoms with Crippen molar-refractivity contribution >= 4 is 34.2 Å². The molecule has 5 rings (SSSR count). The largest absolute Gasteiger partial charge is 0.362 e. The standard InChI is InChI=1S/C27H20F2N6S/c28-20-7-3-18(4-8-20)24-25(19-5-9-21(29)10-6-19)35-26-23(34-24)14-22(16-32-26)33-27(36)31-13-11-17-2-1-12-30-15-17/h1-10,12,14-16H,11,13H2,(H2,31,33,36). The number of hydrogen-bond donors (Lipinski definition) is 2. The topological polar surface area (TPSA) is 75.6 Å². The zero-order chi connectivity index (χ0) is 24.9. The summed E-state index contributed by atoms with van der Waals surface area (Å²) < 4.78 is 27.1. The molecule has 36 heavy (non-hydrogen) atoms. The molecule has 0 bridgehead atoms. The highest BCUT2D eigenvalue weighted by molar-refractivity contribution is 7.80. The van der Waals surface area contributed by atoms with Gasteiger partial charge in [0.1, 0.15) is 17.2 Å². The lowest BCUT2D eigenvalue weighted by Gasteiger charge is -2.13. The first-order chi connectivity index (χ1) is 17.5. The average Bonchev–Trinajstić information content (AvgIpc) is 2.89. The van der Waals surface area contributed by atoms with Gasteiger partial charge in [-0.25, -0.2) is 23.7 Å². The number of aromatic nitrogens is 4. The second kappa shape index (κ2) is 10.5. The fourth-order valence-electron chi connectivity index (χ4n) is 3.67. The van der Waals surface area contributed by atoms with Gasteiger partial charge in [0.05, 0.1) is 23.3 Å². The number of hydrogen-bond acceptors (Lipinski definition) is 5. The summed E-state index contributed by atoms with van der Waals surface area (Å²) >= 11 is 5.42. The first kappa shape index (κ1) is 23.4. The van der Waals surface area contributed by atoms with Crippen LogP contribution in [0, 0.1) is 11.6 Å². The zero-order valence-corrected chi connectivity index (χ0v) is 19.8. The Hall–Kier alpha value is -4.37. The number of nitrogens with zero attached hydrogens (tertiary/aromatic N) is 4. The van der Waals surface area contributed by atoms with E-state index in [2.05, 4.69) is 20.6 Å². The first-order valence-corrected chi connectivity index (χ1v) is 11.6. The van der Waals surface area contributed by atoms with E-state index in [0.29, 0.717) is 51.0 Å².